The molecule has 0 saturated heterocycles. The smallest absolute Gasteiger partial charge is 0.273 e. The Kier molecular flexibility index (Phi) is 3.42. The standard InChI is InChI=1S/C14H12FN3O2S/c1-14(12(19)17-13-16-6-7-21-13)8-11(18-20-14)9-2-4-10(15)5-3-9/h2-7H,8H2,1H3,(H,16,17,19)/t14-/m1/s1. The molecule has 3 rings (SSSR count). The Morgan fingerprint density at radius 2 is 2.19 bits per heavy atom. The van der Waals surface area contributed by atoms with E-state index in [9.17, 15) is 9.18 Å². The molecule has 1 aromatic heterocycles. The third-order valence-corrected chi connectivity index (χ3v) is 3.86. The van der Waals surface area contributed by atoms with Crippen molar-refractivity contribution < 1.29 is 14.0 Å². The first-order chi connectivity index (χ1) is 10.1. The minimum absolute atomic E-state index is 0.307. The maximum Gasteiger partial charge on any atom is 0.273 e. The van der Waals surface area contributed by atoms with E-state index < -0.39 is 5.60 Å². The van der Waals surface area contributed by atoms with E-state index in [0.717, 1.165) is 5.56 Å². The predicted molar refractivity (Wildman–Crippen MR) is 77.8 cm³/mol. The van der Waals surface area contributed by atoms with Gasteiger partial charge in [-0.3, -0.25) is 10.1 Å². The van der Waals surface area contributed by atoms with Crippen LogP contribution in [0.15, 0.2) is 41.0 Å². The van der Waals surface area contributed by atoms with Gasteiger partial charge in [-0.2, -0.15) is 0 Å². The van der Waals surface area contributed by atoms with Crippen LogP contribution < -0.4 is 5.32 Å². The number of aromatic nitrogens is 1. The van der Waals surface area contributed by atoms with Crippen molar-refractivity contribution in [1.29, 1.82) is 0 Å². The van der Waals surface area contributed by atoms with Crippen molar-refractivity contribution >= 4 is 28.1 Å². The summed E-state index contributed by atoms with van der Waals surface area (Å²) in [5.41, 5.74) is 0.268. The van der Waals surface area contributed by atoms with Gasteiger partial charge in [-0.15, -0.1) is 11.3 Å². The summed E-state index contributed by atoms with van der Waals surface area (Å²) in [6.45, 7) is 1.66. The molecule has 7 heteroatoms. The summed E-state index contributed by atoms with van der Waals surface area (Å²) in [6, 6.07) is 5.93. The van der Waals surface area contributed by atoms with E-state index in [1.807, 2.05) is 0 Å². The summed E-state index contributed by atoms with van der Waals surface area (Å²) in [5.74, 6) is -0.624. The number of amides is 1. The quantitative estimate of drug-likeness (QED) is 0.948. The Labute approximate surface area is 124 Å². The van der Waals surface area contributed by atoms with E-state index in [1.54, 1.807) is 30.6 Å². The molecule has 0 fully saturated rings. The van der Waals surface area contributed by atoms with Crippen molar-refractivity contribution in [2.24, 2.45) is 5.16 Å². The van der Waals surface area contributed by atoms with Crippen LogP contribution in [0.4, 0.5) is 9.52 Å². The maximum atomic E-state index is 12.9. The summed E-state index contributed by atoms with van der Waals surface area (Å²) in [6.07, 6.45) is 1.93. The molecule has 1 aromatic carbocycles. The lowest BCUT2D eigenvalue weighted by Gasteiger charge is -2.19. The largest absolute Gasteiger partial charge is 0.379 e. The number of rotatable bonds is 3. The van der Waals surface area contributed by atoms with Crippen molar-refractivity contribution in [3.63, 3.8) is 0 Å². The summed E-state index contributed by atoms with van der Waals surface area (Å²) in [7, 11) is 0. The lowest BCUT2D eigenvalue weighted by atomic mass is 9.95. The van der Waals surface area contributed by atoms with Gasteiger partial charge in [0.05, 0.1) is 5.71 Å². The summed E-state index contributed by atoms with van der Waals surface area (Å²) in [4.78, 5) is 21.6. The van der Waals surface area contributed by atoms with Gasteiger partial charge in [-0.1, -0.05) is 17.3 Å². The Bertz CT molecular complexity index is 685. The Morgan fingerprint density at radius 1 is 1.43 bits per heavy atom. The first kappa shape index (κ1) is 13.7. The minimum Gasteiger partial charge on any atom is -0.379 e. The van der Waals surface area contributed by atoms with Crippen LogP contribution in [0.2, 0.25) is 0 Å². The van der Waals surface area contributed by atoms with Gasteiger partial charge in [0.15, 0.2) is 5.13 Å². The number of oxime groups is 1. The fraction of sp³-hybridized carbons (Fsp3) is 0.214. The fourth-order valence-electron chi connectivity index (χ4n) is 1.97. The number of hydrogen-bond acceptors (Lipinski definition) is 5. The zero-order valence-electron chi connectivity index (χ0n) is 11.2. The fourth-order valence-corrected chi connectivity index (χ4v) is 2.50. The van der Waals surface area contributed by atoms with Gasteiger partial charge in [0.1, 0.15) is 5.82 Å². The number of nitrogens with one attached hydrogen (secondary N) is 1. The van der Waals surface area contributed by atoms with E-state index in [-0.39, 0.29) is 11.7 Å². The van der Waals surface area contributed by atoms with Gasteiger partial charge in [-0.05, 0) is 24.6 Å². The molecule has 0 aliphatic carbocycles. The highest BCUT2D eigenvalue weighted by atomic mass is 32.1. The van der Waals surface area contributed by atoms with Crippen LogP contribution in [0, 0.1) is 5.82 Å². The Balaban J connectivity index is 1.71. The molecule has 0 unspecified atom stereocenters. The molecular formula is C14H12FN3O2S. The number of anilines is 1. The Morgan fingerprint density at radius 3 is 2.86 bits per heavy atom. The second-order valence-electron chi connectivity index (χ2n) is 4.84. The van der Waals surface area contributed by atoms with Crippen LogP contribution in [-0.4, -0.2) is 22.2 Å². The predicted octanol–water partition coefficient (Wildman–Crippen LogP) is 2.80. The van der Waals surface area contributed by atoms with Gasteiger partial charge in [-0.25, -0.2) is 9.37 Å². The molecule has 0 bridgehead atoms. The van der Waals surface area contributed by atoms with Gasteiger partial charge in [0.2, 0.25) is 5.60 Å². The lowest BCUT2D eigenvalue weighted by molar-refractivity contribution is -0.135. The van der Waals surface area contributed by atoms with E-state index >= 15 is 0 Å². The zero-order valence-corrected chi connectivity index (χ0v) is 12.0. The molecule has 2 aromatic rings. The van der Waals surface area contributed by atoms with Crippen LogP contribution >= 0.6 is 11.3 Å². The highest BCUT2D eigenvalue weighted by molar-refractivity contribution is 7.13. The first-order valence-electron chi connectivity index (χ1n) is 6.29. The number of carbonyl (C=O) groups excluding carboxylic acids is 1. The molecule has 21 heavy (non-hydrogen) atoms. The first-order valence-corrected chi connectivity index (χ1v) is 7.17. The minimum atomic E-state index is -1.09. The number of thiazole rings is 1. The van der Waals surface area contributed by atoms with Gasteiger partial charge in [0.25, 0.3) is 5.91 Å². The van der Waals surface area contributed by atoms with E-state index in [2.05, 4.69) is 15.5 Å². The molecule has 2 heterocycles. The van der Waals surface area contributed by atoms with Crippen molar-refractivity contribution in [3.8, 4) is 0 Å². The van der Waals surface area contributed by atoms with Gasteiger partial charge in [0, 0.05) is 18.0 Å². The van der Waals surface area contributed by atoms with Crippen LogP contribution in [0.1, 0.15) is 18.9 Å². The van der Waals surface area contributed by atoms with Crippen molar-refractivity contribution in [1.82, 2.24) is 4.98 Å². The molecule has 1 atom stereocenters. The number of hydrogen-bond donors (Lipinski definition) is 1. The highest BCUT2D eigenvalue weighted by Gasteiger charge is 2.42. The third kappa shape index (κ3) is 2.78. The monoisotopic (exact) mass is 305 g/mol. The van der Waals surface area contributed by atoms with Crippen molar-refractivity contribution in [2.75, 3.05) is 5.32 Å². The second-order valence-corrected chi connectivity index (χ2v) is 5.73. The second kappa shape index (κ2) is 5.25. The number of nitrogens with zero attached hydrogens (tertiary/aromatic N) is 2. The van der Waals surface area contributed by atoms with Gasteiger partial charge >= 0.3 is 0 Å². The maximum absolute atomic E-state index is 12.9. The highest BCUT2D eigenvalue weighted by Crippen LogP contribution is 2.28. The number of benzene rings is 1. The molecule has 1 amide bonds. The molecule has 0 saturated carbocycles. The average Bonchev–Trinajstić information content (AvgIpc) is 3.10. The van der Waals surface area contributed by atoms with E-state index in [4.69, 9.17) is 4.84 Å². The molecule has 0 radical (unpaired) electrons. The average molecular weight is 305 g/mol. The molecule has 1 aliphatic heterocycles. The lowest BCUT2D eigenvalue weighted by Crippen LogP contribution is -2.40. The number of halogens is 1. The van der Waals surface area contributed by atoms with Crippen LogP contribution in [0.25, 0.3) is 0 Å². The summed E-state index contributed by atoms with van der Waals surface area (Å²) < 4.78 is 12.9. The van der Waals surface area contributed by atoms with E-state index in [0.29, 0.717) is 17.3 Å². The zero-order chi connectivity index (χ0) is 14.9. The SMILES string of the molecule is C[C@]1(C(=O)Nc2nccs2)CC(c2ccc(F)cc2)=NO1. The van der Waals surface area contributed by atoms with Crippen molar-refractivity contribution in [3.05, 3.63) is 47.2 Å². The molecule has 0 spiro atoms. The summed E-state index contributed by atoms with van der Waals surface area (Å²) in [5, 5.41) is 8.94. The van der Waals surface area contributed by atoms with Crippen LogP contribution in [0.5, 0.6) is 0 Å². The van der Waals surface area contributed by atoms with Gasteiger partial charge < -0.3 is 4.84 Å². The molecule has 5 nitrogen and oxygen atoms in total. The number of carbonyl (C=O) groups is 1. The molecule has 1 N–H and O–H groups in total. The van der Waals surface area contributed by atoms with Crippen LogP contribution in [-0.2, 0) is 9.63 Å². The summed E-state index contributed by atoms with van der Waals surface area (Å²) >= 11 is 1.33. The third-order valence-electron chi connectivity index (χ3n) is 3.17. The Hall–Kier alpha value is -2.28. The van der Waals surface area contributed by atoms with Crippen molar-refractivity contribution in [2.45, 2.75) is 18.9 Å². The topological polar surface area (TPSA) is 63.6 Å². The molecule has 108 valence electrons. The molecule has 1 aliphatic rings. The van der Waals surface area contributed by atoms with E-state index in [1.165, 1.54) is 23.5 Å². The van der Waals surface area contributed by atoms with Crippen LogP contribution in [0.3, 0.4) is 0 Å². The normalized spacial score (nSPS) is 20.8. The molecular weight excluding hydrogens is 293 g/mol.